The molecule has 1 amide bonds. The highest BCUT2D eigenvalue weighted by molar-refractivity contribution is 5.78. The van der Waals surface area contributed by atoms with Gasteiger partial charge in [-0.1, -0.05) is 32.9 Å². The standard InChI is InChI=1S/C21H31N3O3/c1-6-19(25)23(12-11-15(2)3)16(4)20-22-18-10-8-7-9-17(18)21(26)24(20)13-14-27-5/h7-10,15-16H,6,11-14H2,1-5H3. The molecule has 0 saturated carbocycles. The number of methoxy groups -OCH3 is 1. The van der Waals surface area contributed by atoms with Crippen molar-refractivity contribution < 1.29 is 9.53 Å². The number of hydrogen-bond acceptors (Lipinski definition) is 4. The van der Waals surface area contributed by atoms with Gasteiger partial charge in [0.25, 0.3) is 5.56 Å². The number of nitrogens with zero attached hydrogens (tertiary/aromatic N) is 3. The van der Waals surface area contributed by atoms with Crippen LogP contribution in [0.25, 0.3) is 10.9 Å². The fourth-order valence-corrected chi connectivity index (χ4v) is 3.18. The summed E-state index contributed by atoms with van der Waals surface area (Å²) in [6.45, 7) is 9.57. The summed E-state index contributed by atoms with van der Waals surface area (Å²) in [7, 11) is 1.61. The molecule has 0 aliphatic carbocycles. The highest BCUT2D eigenvalue weighted by Gasteiger charge is 2.25. The van der Waals surface area contributed by atoms with Gasteiger partial charge in [0, 0.05) is 20.1 Å². The summed E-state index contributed by atoms with van der Waals surface area (Å²) >= 11 is 0. The van der Waals surface area contributed by atoms with Crippen molar-refractivity contribution in [3.8, 4) is 0 Å². The Balaban J connectivity index is 2.54. The van der Waals surface area contributed by atoms with Crippen LogP contribution in [-0.2, 0) is 16.1 Å². The van der Waals surface area contributed by atoms with Crippen molar-refractivity contribution in [3.05, 3.63) is 40.4 Å². The molecule has 1 aromatic heterocycles. The smallest absolute Gasteiger partial charge is 0.261 e. The molecule has 6 heteroatoms. The lowest BCUT2D eigenvalue weighted by molar-refractivity contribution is -0.133. The van der Waals surface area contributed by atoms with Crippen LogP contribution in [0.3, 0.4) is 0 Å². The molecule has 1 atom stereocenters. The summed E-state index contributed by atoms with van der Waals surface area (Å²) < 4.78 is 6.84. The van der Waals surface area contributed by atoms with E-state index in [2.05, 4.69) is 13.8 Å². The fourth-order valence-electron chi connectivity index (χ4n) is 3.18. The average molecular weight is 373 g/mol. The van der Waals surface area contributed by atoms with Crippen molar-refractivity contribution in [2.45, 2.75) is 53.1 Å². The van der Waals surface area contributed by atoms with Crippen LogP contribution in [-0.4, -0.2) is 40.6 Å². The molecule has 0 aliphatic rings. The molecule has 1 aromatic carbocycles. The van der Waals surface area contributed by atoms with Crippen LogP contribution in [0.5, 0.6) is 0 Å². The molecule has 1 heterocycles. The Hall–Kier alpha value is -2.21. The number of ether oxygens (including phenoxy) is 1. The van der Waals surface area contributed by atoms with Gasteiger partial charge in [-0.3, -0.25) is 14.2 Å². The lowest BCUT2D eigenvalue weighted by atomic mass is 10.1. The molecule has 27 heavy (non-hydrogen) atoms. The quantitative estimate of drug-likeness (QED) is 0.676. The largest absolute Gasteiger partial charge is 0.383 e. The number of hydrogen-bond donors (Lipinski definition) is 0. The molecular weight excluding hydrogens is 342 g/mol. The highest BCUT2D eigenvalue weighted by Crippen LogP contribution is 2.22. The normalized spacial score (nSPS) is 12.5. The van der Waals surface area contributed by atoms with Crippen LogP contribution in [0, 0.1) is 5.92 Å². The van der Waals surface area contributed by atoms with Gasteiger partial charge in [-0.05, 0) is 31.4 Å². The van der Waals surface area contributed by atoms with Gasteiger partial charge < -0.3 is 9.64 Å². The number of fused-ring (bicyclic) bond motifs is 1. The average Bonchev–Trinajstić information content (AvgIpc) is 2.66. The van der Waals surface area contributed by atoms with Crippen molar-refractivity contribution in [1.82, 2.24) is 14.5 Å². The van der Waals surface area contributed by atoms with Crippen LogP contribution >= 0.6 is 0 Å². The number of carbonyl (C=O) groups is 1. The SMILES string of the molecule is CCC(=O)N(CCC(C)C)C(C)c1nc2ccccc2c(=O)n1CCOC. The first-order valence-electron chi connectivity index (χ1n) is 9.68. The second kappa shape index (κ2) is 9.65. The zero-order chi connectivity index (χ0) is 20.0. The van der Waals surface area contributed by atoms with Crippen LogP contribution in [0.2, 0.25) is 0 Å². The van der Waals surface area contributed by atoms with Crippen LogP contribution < -0.4 is 5.56 Å². The lowest BCUT2D eigenvalue weighted by Crippen LogP contribution is -2.38. The highest BCUT2D eigenvalue weighted by atomic mass is 16.5. The minimum atomic E-state index is -0.287. The molecule has 148 valence electrons. The van der Waals surface area contributed by atoms with E-state index >= 15 is 0 Å². The van der Waals surface area contributed by atoms with Crippen LogP contribution in [0.15, 0.2) is 29.1 Å². The van der Waals surface area contributed by atoms with Crippen LogP contribution in [0.1, 0.15) is 52.4 Å². The molecule has 0 fully saturated rings. The first-order valence-corrected chi connectivity index (χ1v) is 9.68. The molecular formula is C21H31N3O3. The van der Waals surface area contributed by atoms with E-state index in [9.17, 15) is 9.59 Å². The van der Waals surface area contributed by atoms with Gasteiger partial charge >= 0.3 is 0 Å². The van der Waals surface area contributed by atoms with E-state index in [0.29, 0.717) is 48.8 Å². The summed E-state index contributed by atoms with van der Waals surface area (Å²) in [4.78, 5) is 32.3. The summed E-state index contributed by atoms with van der Waals surface area (Å²) in [5.74, 6) is 1.18. The number of aromatic nitrogens is 2. The molecule has 0 saturated heterocycles. The maximum atomic E-state index is 13.1. The molecule has 0 N–H and O–H groups in total. The van der Waals surface area contributed by atoms with E-state index < -0.39 is 0 Å². The molecule has 0 aliphatic heterocycles. The number of amides is 1. The Morgan fingerprint density at radius 1 is 1.26 bits per heavy atom. The number of carbonyl (C=O) groups excluding carboxylic acids is 1. The van der Waals surface area contributed by atoms with Crippen molar-refractivity contribution in [2.24, 2.45) is 5.92 Å². The van der Waals surface area contributed by atoms with Crippen LogP contribution in [0.4, 0.5) is 0 Å². The van der Waals surface area contributed by atoms with E-state index in [-0.39, 0.29) is 17.5 Å². The molecule has 0 radical (unpaired) electrons. The molecule has 6 nitrogen and oxygen atoms in total. The van der Waals surface area contributed by atoms with Crippen molar-refractivity contribution >= 4 is 16.8 Å². The number of para-hydroxylation sites is 1. The third-order valence-corrected chi connectivity index (χ3v) is 4.82. The Labute approximate surface area is 161 Å². The predicted octanol–water partition coefficient (Wildman–Crippen LogP) is 3.39. The van der Waals surface area contributed by atoms with Crippen molar-refractivity contribution in [1.29, 1.82) is 0 Å². The third kappa shape index (κ3) is 4.95. The number of benzene rings is 1. The zero-order valence-corrected chi connectivity index (χ0v) is 17.1. The molecule has 1 unspecified atom stereocenters. The van der Waals surface area contributed by atoms with Crippen molar-refractivity contribution in [3.63, 3.8) is 0 Å². The third-order valence-electron chi connectivity index (χ3n) is 4.82. The van der Waals surface area contributed by atoms with Crippen molar-refractivity contribution in [2.75, 3.05) is 20.3 Å². The van der Waals surface area contributed by atoms with E-state index in [1.165, 1.54) is 0 Å². The second-order valence-corrected chi connectivity index (χ2v) is 7.24. The fraction of sp³-hybridized carbons (Fsp3) is 0.571. The zero-order valence-electron chi connectivity index (χ0n) is 17.1. The predicted molar refractivity (Wildman–Crippen MR) is 108 cm³/mol. The molecule has 2 rings (SSSR count). The number of rotatable bonds is 9. The first kappa shape index (κ1) is 21.1. The Morgan fingerprint density at radius 3 is 2.59 bits per heavy atom. The molecule has 0 spiro atoms. The molecule has 2 aromatic rings. The maximum Gasteiger partial charge on any atom is 0.261 e. The lowest BCUT2D eigenvalue weighted by Gasteiger charge is -2.31. The van der Waals surface area contributed by atoms with Gasteiger partial charge in [-0.25, -0.2) is 4.98 Å². The minimum Gasteiger partial charge on any atom is -0.383 e. The maximum absolute atomic E-state index is 13.1. The Morgan fingerprint density at radius 2 is 1.96 bits per heavy atom. The molecule has 0 bridgehead atoms. The second-order valence-electron chi connectivity index (χ2n) is 7.24. The van der Waals surface area contributed by atoms with E-state index in [4.69, 9.17) is 9.72 Å². The summed E-state index contributed by atoms with van der Waals surface area (Å²) in [6.07, 6.45) is 1.34. The van der Waals surface area contributed by atoms with Gasteiger partial charge in [0.05, 0.1) is 30.1 Å². The van der Waals surface area contributed by atoms with Gasteiger partial charge in [0.2, 0.25) is 5.91 Å². The van der Waals surface area contributed by atoms with Gasteiger partial charge in [-0.2, -0.15) is 0 Å². The van der Waals surface area contributed by atoms with Gasteiger partial charge in [0.15, 0.2) is 0 Å². The van der Waals surface area contributed by atoms with E-state index in [1.807, 2.05) is 36.9 Å². The monoisotopic (exact) mass is 373 g/mol. The topological polar surface area (TPSA) is 64.4 Å². The van der Waals surface area contributed by atoms with Gasteiger partial charge in [-0.15, -0.1) is 0 Å². The Kier molecular flexibility index (Phi) is 7.54. The minimum absolute atomic E-state index is 0.0730. The van der Waals surface area contributed by atoms with Gasteiger partial charge in [0.1, 0.15) is 5.82 Å². The first-order chi connectivity index (χ1) is 12.9. The summed E-state index contributed by atoms with van der Waals surface area (Å²) in [6, 6.07) is 7.05. The summed E-state index contributed by atoms with van der Waals surface area (Å²) in [5, 5.41) is 0.583. The van der Waals surface area contributed by atoms with E-state index in [0.717, 1.165) is 6.42 Å². The van der Waals surface area contributed by atoms with E-state index in [1.54, 1.807) is 17.7 Å². The summed E-state index contributed by atoms with van der Waals surface area (Å²) in [5.41, 5.74) is 0.568. The Bertz CT molecular complexity index is 829.